The van der Waals surface area contributed by atoms with Gasteiger partial charge in [-0.1, -0.05) is 26.2 Å². The summed E-state index contributed by atoms with van der Waals surface area (Å²) in [5.41, 5.74) is 1.61. The van der Waals surface area contributed by atoms with Crippen LogP contribution in [0.15, 0.2) is 6.07 Å². The molecule has 2 atom stereocenters. The predicted octanol–water partition coefficient (Wildman–Crippen LogP) is 3.14. The molecule has 20 heavy (non-hydrogen) atoms. The highest BCUT2D eigenvalue weighted by atomic mass is 35.5. The van der Waals surface area contributed by atoms with Crippen LogP contribution in [0.25, 0.3) is 0 Å². The maximum Gasteiger partial charge on any atom is 0.269 e. The molecule has 2 rings (SSSR count). The highest BCUT2D eigenvalue weighted by Gasteiger charge is 2.25. The Balaban J connectivity index is 2.08. The van der Waals surface area contributed by atoms with Gasteiger partial charge >= 0.3 is 0 Å². The average Bonchev–Trinajstić information content (AvgIpc) is 2.78. The van der Waals surface area contributed by atoms with Crippen LogP contribution in [0.3, 0.4) is 0 Å². The Kier molecular flexibility index (Phi) is 5.46. The molecule has 112 valence electrons. The molecule has 0 aromatic carbocycles. The first kappa shape index (κ1) is 15.4. The van der Waals surface area contributed by atoms with Crippen molar-refractivity contribution in [2.24, 2.45) is 0 Å². The molecule has 0 radical (unpaired) electrons. The first-order valence-electron chi connectivity index (χ1n) is 7.67. The number of nitrogens with one attached hydrogen (secondary N) is 1. The minimum atomic E-state index is -0.0448. The van der Waals surface area contributed by atoms with E-state index in [1.54, 1.807) is 4.68 Å². The van der Waals surface area contributed by atoms with Crippen LogP contribution in [0.4, 0.5) is 0 Å². The van der Waals surface area contributed by atoms with Crippen LogP contribution in [-0.2, 0) is 13.0 Å². The number of hydrogen-bond acceptors (Lipinski definition) is 2. The maximum absolute atomic E-state index is 12.4. The molecule has 1 aliphatic carbocycles. The highest BCUT2D eigenvalue weighted by Crippen LogP contribution is 2.22. The minimum absolute atomic E-state index is 0.0448. The van der Waals surface area contributed by atoms with Crippen LogP contribution in [0.1, 0.15) is 62.1 Å². The van der Waals surface area contributed by atoms with Crippen molar-refractivity contribution in [3.63, 3.8) is 0 Å². The molecule has 1 aromatic heterocycles. The van der Waals surface area contributed by atoms with Gasteiger partial charge in [0.2, 0.25) is 0 Å². The van der Waals surface area contributed by atoms with Crippen LogP contribution in [0.5, 0.6) is 0 Å². The van der Waals surface area contributed by atoms with Gasteiger partial charge in [-0.05, 0) is 32.3 Å². The van der Waals surface area contributed by atoms with E-state index in [9.17, 15) is 4.79 Å². The normalized spacial score (nSPS) is 23.4. The van der Waals surface area contributed by atoms with E-state index in [4.69, 9.17) is 11.6 Å². The standard InChI is InChI=1S/C15H24ClN3O/c1-3-11-10-14(19(4-2)18-11)15(20)17-13-9-7-5-6-8-12(13)16/h10,12-13H,3-9H2,1-2H3,(H,17,20). The summed E-state index contributed by atoms with van der Waals surface area (Å²) in [5.74, 6) is -0.0448. The molecule has 1 N–H and O–H groups in total. The number of aromatic nitrogens is 2. The first-order chi connectivity index (χ1) is 9.65. The van der Waals surface area contributed by atoms with E-state index >= 15 is 0 Å². The maximum atomic E-state index is 12.4. The SMILES string of the molecule is CCc1cc(C(=O)NC2CCCCCC2Cl)n(CC)n1. The van der Waals surface area contributed by atoms with Gasteiger partial charge < -0.3 is 5.32 Å². The topological polar surface area (TPSA) is 46.9 Å². The van der Waals surface area contributed by atoms with Crippen molar-refractivity contribution < 1.29 is 4.79 Å². The molecule has 0 spiro atoms. The Morgan fingerprint density at radius 1 is 1.40 bits per heavy atom. The highest BCUT2D eigenvalue weighted by molar-refractivity contribution is 6.21. The molecule has 1 aliphatic rings. The Morgan fingerprint density at radius 2 is 2.15 bits per heavy atom. The number of carbonyl (C=O) groups is 1. The third-order valence-corrected chi connectivity index (χ3v) is 4.50. The fraction of sp³-hybridized carbons (Fsp3) is 0.733. The van der Waals surface area contributed by atoms with Crippen LogP contribution in [0.2, 0.25) is 0 Å². The van der Waals surface area contributed by atoms with Gasteiger partial charge in [0.05, 0.1) is 11.1 Å². The molecular formula is C15H24ClN3O. The molecule has 0 saturated heterocycles. The van der Waals surface area contributed by atoms with E-state index in [0.29, 0.717) is 12.2 Å². The predicted molar refractivity (Wildman–Crippen MR) is 81.3 cm³/mol. The van der Waals surface area contributed by atoms with Crippen molar-refractivity contribution >= 4 is 17.5 Å². The zero-order chi connectivity index (χ0) is 14.5. The van der Waals surface area contributed by atoms with Gasteiger partial charge in [0.25, 0.3) is 5.91 Å². The van der Waals surface area contributed by atoms with E-state index in [2.05, 4.69) is 10.4 Å². The van der Waals surface area contributed by atoms with Gasteiger partial charge in [-0.3, -0.25) is 9.48 Å². The van der Waals surface area contributed by atoms with Crippen molar-refractivity contribution in [1.82, 2.24) is 15.1 Å². The third-order valence-electron chi connectivity index (χ3n) is 3.97. The fourth-order valence-corrected chi connectivity index (χ4v) is 3.08. The van der Waals surface area contributed by atoms with Crippen LogP contribution in [0, 0.1) is 0 Å². The second-order valence-corrected chi connectivity index (χ2v) is 5.98. The average molecular weight is 298 g/mol. The summed E-state index contributed by atoms with van der Waals surface area (Å²) in [4.78, 5) is 12.4. The van der Waals surface area contributed by atoms with Crippen molar-refractivity contribution in [3.8, 4) is 0 Å². The molecule has 0 aliphatic heterocycles. The Morgan fingerprint density at radius 3 is 2.85 bits per heavy atom. The molecule has 0 bridgehead atoms. The van der Waals surface area contributed by atoms with Crippen LogP contribution >= 0.6 is 11.6 Å². The summed E-state index contributed by atoms with van der Waals surface area (Å²) in [7, 11) is 0. The lowest BCUT2D eigenvalue weighted by atomic mass is 10.1. The van der Waals surface area contributed by atoms with Crippen molar-refractivity contribution in [1.29, 1.82) is 0 Å². The van der Waals surface area contributed by atoms with Gasteiger partial charge in [-0.15, -0.1) is 11.6 Å². The number of halogens is 1. The summed E-state index contributed by atoms with van der Waals surface area (Å²) >= 11 is 6.39. The van der Waals surface area contributed by atoms with Crippen molar-refractivity contribution in [2.75, 3.05) is 0 Å². The molecule has 4 nitrogen and oxygen atoms in total. The molecule has 1 aromatic rings. The van der Waals surface area contributed by atoms with Crippen LogP contribution in [-0.4, -0.2) is 27.1 Å². The molecule has 1 saturated carbocycles. The summed E-state index contributed by atoms with van der Waals surface area (Å²) in [6, 6.07) is 1.97. The zero-order valence-electron chi connectivity index (χ0n) is 12.4. The molecular weight excluding hydrogens is 274 g/mol. The fourth-order valence-electron chi connectivity index (χ4n) is 2.73. The second-order valence-electron chi connectivity index (χ2n) is 5.42. The summed E-state index contributed by atoms with van der Waals surface area (Å²) < 4.78 is 1.77. The van der Waals surface area contributed by atoms with Crippen molar-refractivity contribution in [3.05, 3.63) is 17.5 Å². The van der Waals surface area contributed by atoms with Gasteiger partial charge in [0.15, 0.2) is 0 Å². The second kappa shape index (κ2) is 7.11. The summed E-state index contributed by atoms with van der Waals surface area (Å²) in [5, 5.41) is 7.57. The van der Waals surface area contributed by atoms with Gasteiger partial charge in [-0.25, -0.2) is 0 Å². The van der Waals surface area contributed by atoms with E-state index in [1.807, 2.05) is 19.9 Å². The van der Waals surface area contributed by atoms with E-state index in [1.165, 1.54) is 6.42 Å². The Bertz CT molecular complexity index is 458. The smallest absolute Gasteiger partial charge is 0.269 e. The third kappa shape index (κ3) is 3.54. The number of nitrogens with zero attached hydrogens (tertiary/aromatic N) is 2. The largest absolute Gasteiger partial charge is 0.346 e. The number of amides is 1. The van der Waals surface area contributed by atoms with E-state index in [0.717, 1.165) is 37.8 Å². The van der Waals surface area contributed by atoms with Crippen LogP contribution < -0.4 is 5.32 Å². The lowest BCUT2D eigenvalue weighted by Crippen LogP contribution is -2.41. The number of hydrogen-bond donors (Lipinski definition) is 1. The minimum Gasteiger partial charge on any atom is -0.346 e. The lowest BCUT2D eigenvalue weighted by molar-refractivity contribution is 0.0923. The number of aryl methyl sites for hydroxylation is 2. The van der Waals surface area contributed by atoms with Gasteiger partial charge in [0.1, 0.15) is 5.69 Å². The Hall–Kier alpha value is -1.03. The number of rotatable bonds is 4. The Labute approximate surface area is 125 Å². The number of carbonyl (C=O) groups excluding carboxylic acids is 1. The van der Waals surface area contributed by atoms with Crippen molar-refractivity contribution in [2.45, 2.75) is 70.3 Å². The molecule has 1 heterocycles. The van der Waals surface area contributed by atoms with Gasteiger partial charge in [0, 0.05) is 12.6 Å². The monoisotopic (exact) mass is 297 g/mol. The quantitative estimate of drug-likeness (QED) is 0.685. The van der Waals surface area contributed by atoms with E-state index in [-0.39, 0.29) is 17.3 Å². The lowest BCUT2D eigenvalue weighted by Gasteiger charge is -2.21. The molecule has 1 fully saturated rings. The zero-order valence-corrected chi connectivity index (χ0v) is 13.1. The van der Waals surface area contributed by atoms with Gasteiger partial charge in [-0.2, -0.15) is 5.10 Å². The summed E-state index contributed by atoms with van der Waals surface area (Å²) in [6.07, 6.45) is 6.31. The number of alkyl halides is 1. The van der Waals surface area contributed by atoms with E-state index < -0.39 is 0 Å². The molecule has 2 unspecified atom stereocenters. The molecule has 5 heteroatoms. The summed E-state index contributed by atoms with van der Waals surface area (Å²) in [6.45, 7) is 4.75. The molecule has 1 amide bonds. The first-order valence-corrected chi connectivity index (χ1v) is 8.11.